The molecule has 0 spiro atoms. The van der Waals surface area contributed by atoms with Crippen LogP contribution in [0.2, 0.25) is 0 Å². The summed E-state index contributed by atoms with van der Waals surface area (Å²) in [6.45, 7) is 3.03. The molecule has 0 aliphatic rings. The number of fused-ring (bicyclic) bond motifs is 1. The zero-order valence-electron chi connectivity index (χ0n) is 10.3. The molecule has 4 heteroatoms. The van der Waals surface area contributed by atoms with E-state index in [0.717, 1.165) is 23.6 Å². The molecule has 1 amide bonds. The van der Waals surface area contributed by atoms with Gasteiger partial charge in [-0.15, -0.1) is 0 Å². The molecule has 1 aromatic heterocycles. The molecule has 2 rings (SSSR count). The van der Waals surface area contributed by atoms with Crippen molar-refractivity contribution >= 4 is 23.1 Å². The van der Waals surface area contributed by atoms with Crippen molar-refractivity contribution in [2.75, 3.05) is 6.54 Å². The Morgan fingerprint density at radius 3 is 2.94 bits per heavy atom. The predicted molar refractivity (Wildman–Crippen MR) is 70.6 cm³/mol. The summed E-state index contributed by atoms with van der Waals surface area (Å²) in [5.41, 5.74) is 1.61. The fourth-order valence-electron chi connectivity index (χ4n) is 1.90. The second-order valence-electron chi connectivity index (χ2n) is 4.23. The molecule has 0 saturated heterocycles. The molecule has 1 aromatic carbocycles. The van der Waals surface area contributed by atoms with Crippen LogP contribution in [0.15, 0.2) is 30.5 Å². The molecule has 0 saturated carbocycles. The van der Waals surface area contributed by atoms with Crippen LogP contribution >= 0.6 is 0 Å². The molecular weight excluding hydrogens is 228 g/mol. The highest BCUT2D eigenvalue weighted by atomic mass is 16.1. The van der Waals surface area contributed by atoms with Crippen LogP contribution in [-0.2, 0) is 11.3 Å². The van der Waals surface area contributed by atoms with Crippen LogP contribution in [0.5, 0.6) is 0 Å². The lowest BCUT2D eigenvalue weighted by molar-refractivity contribution is -0.121. The van der Waals surface area contributed by atoms with Gasteiger partial charge in [-0.25, -0.2) is 0 Å². The third-order valence-corrected chi connectivity index (χ3v) is 2.82. The summed E-state index contributed by atoms with van der Waals surface area (Å²) in [4.78, 5) is 22.3. The average Bonchev–Trinajstić information content (AvgIpc) is 2.78. The van der Waals surface area contributed by atoms with Crippen molar-refractivity contribution in [3.05, 3.63) is 36.0 Å². The number of benzene rings is 1. The molecule has 2 aromatic rings. The molecule has 18 heavy (non-hydrogen) atoms. The molecule has 4 nitrogen and oxygen atoms in total. The Hall–Kier alpha value is -2.10. The Morgan fingerprint density at radius 1 is 1.39 bits per heavy atom. The lowest BCUT2D eigenvalue weighted by atomic mass is 10.2. The Bertz CT molecular complexity index is 572. The highest BCUT2D eigenvalue weighted by molar-refractivity contribution is 5.88. The lowest BCUT2D eigenvalue weighted by Crippen LogP contribution is -2.27. The smallest absolute Gasteiger partial charge is 0.239 e. The van der Waals surface area contributed by atoms with Crippen LogP contribution in [0.4, 0.5) is 0 Å². The first-order chi connectivity index (χ1) is 8.74. The third-order valence-electron chi connectivity index (χ3n) is 2.82. The third kappa shape index (κ3) is 2.59. The predicted octanol–water partition coefficient (Wildman–Crippen LogP) is 1.98. The topological polar surface area (TPSA) is 51.1 Å². The molecule has 1 heterocycles. The van der Waals surface area contributed by atoms with Crippen molar-refractivity contribution in [2.45, 2.75) is 19.9 Å². The van der Waals surface area contributed by atoms with Gasteiger partial charge < -0.3 is 9.88 Å². The van der Waals surface area contributed by atoms with Gasteiger partial charge >= 0.3 is 0 Å². The van der Waals surface area contributed by atoms with Crippen LogP contribution in [-0.4, -0.2) is 23.3 Å². The van der Waals surface area contributed by atoms with Gasteiger partial charge in [-0.2, -0.15) is 0 Å². The van der Waals surface area contributed by atoms with Crippen LogP contribution in [0.3, 0.4) is 0 Å². The first-order valence-corrected chi connectivity index (χ1v) is 6.05. The minimum absolute atomic E-state index is 0.00816. The van der Waals surface area contributed by atoms with Crippen LogP contribution in [0, 0.1) is 0 Å². The van der Waals surface area contributed by atoms with E-state index in [1.165, 1.54) is 0 Å². The van der Waals surface area contributed by atoms with E-state index in [4.69, 9.17) is 0 Å². The van der Waals surface area contributed by atoms with E-state index in [0.29, 0.717) is 18.7 Å². The van der Waals surface area contributed by atoms with Crippen molar-refractivity contribution in [1.82, 2.24) is 9.88 Å². The molecule has 0 aliphatic carbocycles. The minimum atomic E-state index is 0.00816. The summed E-state index contributed by atoms with van der Waals surface area (Å²) >= 11 is 0. The van der Waals surface area contributed by atoms with Gasteiger partial charge in [-0.3, -0.25) is 9.59 Å². The normalized spacial score (nSPS) is 10.5. The Kier molecular flexibility index (Phi) is 3.77. The fourth-order valence-corrected chi connectivity index (χ4v) is 1.90. The van der Waals surface area contributed by atoms with Gasteiger partial charge in [0.2, 0.25) is 5.91 Å². The number of nitrogens with zero attached hydrogens (tertiary/aromatic N) is 1. The van der Waals surface area contributed by atoms with E-state index in [-0.39, 0.29) is 5.91 Å². The average molecular weight is 244 g/mol. The second-order valence-corrected chi connectivity index (χ2v) is 4.23. The summed E-state index contributed by atoms with van der Waals surface area (Å²) < 4.78 is 1.88. The maximum Gasteiger partial charge on any atom is 0.239 e. The standard InChI is InChI=1S/C14H16N2O2/c1-2-6-15-14(18)9-16-7-5-12-8-11(10-17)3-4-13(12)16/h3-5,7-8,10H,2,6,9H2,1H3,(H,15,18). The van der Waals surface area contributed by atoms with Gasteiger partial charge in [0.15, 0.2) is 0 Å². The van der Waals surface area contributed by atoms with Gasteiger partial charge in [0.25, 0.3) is 0 Å². The Balaban J connectivity index is 2.19. The molecule has 0 radical (unpaired) electrons. The van der Waals surface area contributed by atoms with E-state index in [1.807, 2.05) is 35.9 Å². The van der Waals surface area contributed by atoms with E-state index >= 15 is 0 Å². The largest absolute Gasteiger partial charge is 0.355 e. The molecular formula is C14H16N2O2. The first kappa shape index (κ1) is 12.4. The number of aldehydes is 1. The van der Waals surface area contributed by atoms with Crippen LogP contribution in [0.25, 0.3) is 10.9 Å². The highest BCUT2D eigenvalue weighted by Crippen LogP contribution is 2.16. The molecule has 0 unspecified atom stereocenters. The zero-order chi connectivity index (χ0) is 13.0. The van der Waals surface area contributed by atoms with E-state index in [2.05, 4.69) is 5.32 Å². The SMILES string of the molecule is CCCNC(=O)Cn1ccc2cc(C=O)ccc21. The summed E-state index contributed by atoms with van der Waals surface area (Å²) in [6, 6.07) is 7.36. The Morgan fingerprint density at radius 2 is 2.22 bits per heavy atom. The van der Waals surface area contributed by atoms with E-state index in [1.54, 1.807) is 6.07 Å². The number of rotatable bonds is 5. The second kappa shape index (κ2) is 5.49. The molecule has 94 valence electrons. The van der Waals surface area contributed by atoms with Gasteiger partial charge in [0, 0.05) is 29.2 Å². The van der Waals surface area contributed by atoms with Crippen molar-refractivity contribution in [3.8, 4) is 0 Å². The molecule has 0 aliphatic heterocycles. The van der Waals surface area contributed by atoms with E-state index < -0.39 is 0 Å². The molecule has 0 atom stereocenters. The van der Waals surface area contributed by atoms with Crippen LogP contribution < -0.4 is 5.32 Å². The van der Waals surface area contributed by atoms with Gasteiger partial charge in [-0.1, -0.05) is 6.92 Å². The number of amides is 1. The minimum Gasteiger partial charge on any atom is -0.355 e. The number of hydrogen-bond donors (Lipinski definition) is 1. The maximum absolute atomic E-state index is 11.6. The van der Waals surface area contributed by atoms with Gasteiger partial charge in [-0.05, 0) is 30.7 Å². The van der Waals surface area contributed by atoms with Crippen LogP contribution in [0.1, 0.15) is 23.7 Å². The van der Waals surface area contributed by atoms with Gasteiger partial charge in [0.1, 0.15) is 12.8 Å². The summed E-state index contributed by atoms with van der Waals surface area (Å²) in [5.74, 6) is 0.00816. The fraction of sp³-hybridized carbons (Fsp3) is 0.286. The first-order valence-electron chi connectivity index (χ1n) is 6.05. The maximum atomic E-state index is 11.6. The van der Waals surface area contributed by atoms with Crippen molar-refractivity contribution in [3.63, 3.8) is 0 Å². The molecule has 1 N–H and O–H groups in total. The van der Waals surface area contributed by atoms with Crippen molar-refractivity contribution in [1.29, 1.82) is 0 Å². The van der Waals surface area contributed by atoms with Gasteiger partial charge in [0.05, 0.1) is 0 Å². The zero-order valence-corrected chi connectivity index (χ0v) is 10.3. The number of carbonyl (C=O) groups excluding carboxylic acids is 2. The monoisotopic (exact) mass is 244 g/mol. The highest BCUT2D eigenvalue weighted by Gasteiger charge is 2.06. The van der Waals surface area contributed by atoms with Crippen molar-refractivity contribution < 1.29 is 9.59 Å². The van der Waals surface area contributed by atoms with Crippen molar-refractivity contribution in [2.24, 2.45) is 0 Å². The summed E-state index contributed by atoms with van der Waals surface area (Å²) in [7, 11) is 0. The van der Waals surface area contributed by atoms with E-state index in [9.17, 15) is 9.59 Å². The Labute approximate surface area is 106 Å². The number of carbonyl (C=O) groups is 2. The summed E-state index contributed by atoms with van der Waals surface area (Å²) in [6.07, 6.45) is 3.62. The number of nitrogens with one attached hydrogen (secondary N) is 1. The quantitative estimate of drug-likeness (QED) is 0.818. The lowest BCUT2D eigenvalue weighted by Gasteiger charge is -2.06. The number of hydrogen-bond acceptors (Lipinski definition) is 2. The number of aromatic nitrogens is 1. The summed E-state index contributed by atoms with van der Waals surface area (Å²) in [5, 5.41) is 3.82. The molecule has 0 bridgehead atoms. The molecule has 0 fully saturated rings.